The van der Waals surface area contributed by atoms with Gasteiger partial charge < -0.3 is 15.0 Å². The molecule has 0 aromatic carbocycles. The average Bonchev–Trinajstić information content (AvgIpc) is 2.41. The van der Waals surface area contributed by atoms with E-state index in [1.807, 2.05) is 32.9 Å². The quantitative estimate of drug-likeness (QED) is 0.602. The SMILES string of the molecule is C=C(/C=C(\C=C/C)N1CCNCC1)OC.CC. The van der Waals surface area contributed by atoms with Crippen molar-refractivity contribution in [2.75, 3.05) is 33.3 Å². The third-order valence-corrected chi connectivity index (χ3v) is 2.39. The van der Waals surface area contributed by atoms with Crippen molar-refractivity contribution in [3.8, 4) is 0 Å². The first-order chi connectivity index (χ1) is 8.27. The van der Waals surface area contributed by atoms with Gasteiger partial charge >= 0.3 is 0 Å². The van der Waals surface area contributed by atoms with Crippen LogP contribution in [0.1, 0.15) is 20.8 Å². The van der Waals surface area contributed by atoms with Crippen LogP contribution in [0.25, 0.3) is 0 Å². The fourth-order valence-corrected chi connectivity index (χ4v) is 1.56. The Morgan fingerprint density at radius 3 is 2.35 bits per heavy atom. The molecule has 3 nitrogen and oxygen atoms in total. The van der Waals surface area contributed by atoms with Gasteiger partial charge in [-0.1, -0.05) is 26.5 Å². The first kappa shape index (κ1) is 15.8. The predicted molar refractivity (Wildman–Crippen MR) is 74.8 cm³/mol. The molecule has 1 aliphatic rings. The molecule has 1 saturated heterocycles. The van der Waals surface area contributed by atoms with E-state index in [1.165, 1.54) is 5.70 Å². The lowest BCUT2D eigenvalue weighted by Crippen LogP contribution is -2.42. The number of hydrogen-bond acceptors (Lipinski definition) is 3. The number of nitrogens with zero attached hydrogens (tertiary/aromatic N) is 1. The van der Waals surface area contributed by atoms with Gasteiger partial charge in [0.1, 0.15) is 5.76 Å². The Bertz CT molecular complexity index is 263. The Balaban J connectivity index is 0.00000121. The Kier molecular flexibility index (Phi) is 9.25. The molecule has 98 valence electrons. The zero-order valence-corrected chi connectivity index (χ0v) is 11.6. The number of nitrogens with one attached hydrogen (secondary N) is 1. The maximum atomic E-state index is 5.07. The summed E-state index contributed by atoms with van der Waals surface area (Å²) in [6, 6.07) is 0. The molecule has 0 spiro atoms. The lowest BCUT2D eigenvalue weighted by Gasteiger charge is -2.30. The van der Waals surface area contributed by atoms with Crippen molar-refractivity contribution in [1.82, 2.24) is 10.2 Å². The van der Waals surface area contributed by atoms with Crippen LogP contribution < -0.4 is 5.32 Å². The summed E-state index contributed by atoms with van der Waals surface area (Å²) in [7, 11) is 1.64. The molecule has 1 heterocycles. The van der Waals surface area contributed by atoms with E-state index in [0.29, 0.717) is 5.76 Å². The molecule has 0 aromatic heterocycles. The zero-order valence-electron chi connectivity index (χ0n) is 11.6. The maximum Gasteiger partial charge on any atom is 0.113 e. The van der Waals surface area contributed by atoms with Crippen molar-refractivity contribution >= 4 is 0 Å². The van der Waals surface area contributed by atoms with Crippen LogP contribution in [-0.4, -0.2) is 38.2 Å². The van der Waals surface area contributed by atoms with E-state index in [9.17, 15) is 0 Å². The second-order valence-electron chi connectivity index (χ2n) is 3.48. The highest BCUT2D eigenvalue weighted by atomic mass is 16.5. The van der Waals surface area contributed by atoms with Gasteiger partial charge in [0.05, 0.1) is 7.11 Å². The highest BCUT2D eigenvalue weighted by molar-refractivity contribution is 5.25. The molecule has 3 heteroatoms. The van der Waals surface area contributed by atoms with E-state index < -0.39 is 0 Å². The van der Waals surface area contributed by atoms with Crippen molar-refractivity contribution in [2.24, 2.45) is 0 Å². The van der Waals surface area contributed by atoms with Crippen LogP contribution in [0.4, 0.5) is 0 Å². The number of rotatable bonds is 4. The first-order valence-electron chi connectivity index (χ1n) is 6.31. The molecule has 0 radical (unpaired) electrons. The second-order valence-corrected chi connectivity index (χ2v) is 3.48. The van der Waals surface area contributed by atoms with E-state index in [4.69, 9.17) is 4.74 Å². The van der Waals surface area contributed by atoms with Crippen molar-refractivity contribution in [1.29, 1.82) is 0 Å². The largest absolute Gasteiger partial charge is 0.497 e. The minimum absolute atomic E-state index is 0.696. The smallest absolute Gasteiger partial charge is 0.113 e. The van der Waals surface area contributed by atoms with E-state index in [-0.39, 0.29) is 0 Å². The van der Waals surface area contributed by atoms with Crippen LogP contribution in [0.2, 0.25) is 0 Å². The Morgan fingerprint density at radius 1 is 1.29 bits per heavy atom. The average molecular weight is 238 g/mol. The Hall–Kier alpha value is -1.22. The summed E-state index contributed by atoms with van der Waals surface area (Å²) in [5.41, 5.74) is 1.17. The Labute approximate surface area is 106 Å². The van der Waals surface area contributed by atoms with Crippen molar-refractivity contribution in [3.63, 3.8) is 0 Å². The Morgan fingerprint density at radius 2 is 1.88 bits per heavy atom. The lowest BCUT2D eigenvalue weighted by atomic mass is 10.2. The summed E-state index contributed by atoms with van der Waals surface area (Å²) in [6.07, 6.45) is 6.11. The minimum Gasteiger partial charge on any atom is -0.497 e. The fourth-order valence-electron chi connectivity index (χ4n) is 1.56. The molecule has 0 unspecified atom stereocenters. The molecule has 0 atom stereocenters. The standard InChI is InChI=1S/C12H20N2O.C2H6/c1-4-5-12(10-11(2)15-3)14-8-6-13-7-9-14;1-2/h4-5,10,13H,2,6-9H2,1,3H3;1-2H3/b5-4-,12-10+;. The van der Waals surface area contributed by atoms with E-state index >= 15 is 0 Å². The molecule has 1 rings (SSSR count). The summed E-state index contributed by atoms with van der Waals surface area (Å²) in [5.74, 6) is 0.696. The van der Waals surface area contributed by atoms with Crippen LogP contribution in [0.15, 0.2) is 36.3 Å². The number of ether oxygens (including phenoxy) is 1. The molecule has 1 aliphatic heterocycles. The lowest BCUT2D eigenvalue weighted by molar-refractivity contribution is 0.291. The summed E-state index contributed by atoms with van der Waals surface area (Å²) in [5, 5.41) is 3.33. The maximum absolute atomic E-state index is 5.07. The molecule has 1 N–H and O–H groups in total. The number of allylic oxidation sites excluding steroid dienone is 3. The van der Waals surface area contributed by atoms with Gasteiger partial charge in [0.25, 0.3) is 0 Å². The van der Waals surface area contributed by atoms with Gasteiger partial charge in [0.2, 0.25) is 0 Å². The van der Waals surface area contributed by atoms with Gasteiger partial charge in [-0.3, -0.25) is 0 Å². The molecule has 0 amide bonds. The van der Waals surface area contributed by atoms with Gasteiger partial charge in [-0.15, -0.1) is 0 Å². The topological polar surface area (TPSA) is 24.5 Å². The van der Waals surface area contributed by atoms with Crippen molar-refractivity contribution < 1.29 is 4.74 Å². The third kappa shape index (κ3) is 6.17. The number of piperazine rings is 1. The monoisotopic (exact) mass is 238 g/mol. The summed E-state index contributed by atoms with van der Waals surface area (Å²) in [4.78, 5) is 2.33. The third-order valence-electron chi connectivity index (χ3n) is 2.39. The summed E-state index contributed by atoms with van der Waals surface area (Å²) in [6.45, 7) is 14.0. The van der Waals surface area contributed by atoms with E-state index in [2.05, 4.69) is 22.9 Å². The summed E-state index contributed by atoms with van der Waals surface area (Å²) >= 11 is 0. The van der Waals surface area contributed by atoms with Crippen LogP contribution in [-0.2, 0) is 4.74 Å². The highest BCUT2D eigenvalue weighted by Gasteiger charge is 2.10. The minimum atomic E-state index is 0.696. The van der Waals surface area contributed by atoms with Crippen LogP contribution in [0.3, 0.4) is 0 Å². The second kappa shape index (κ2) is 9.97. The molecule has 0 bridgehead atoms. The van der Waals surface area contributed by atoms with Gasteiger partial charge in [0, 0.05) is 38.0 Å². The highest BCUT2D eigenvalue weighted by Crippen LogP contribution is 2.10. The number of methoxy groups -OCH3 is 1. The van der Waals surface area contributed by atoms with Crippen molar-refractivity contribution in [3.05, 3.63) is 36.3 Å². The molecular weight excluding hydrogens is 212 g/mol. The van der Waals surface area contributed by atoms with Gasteiger partial charge in [0.15, 0.2) is 0 Å². The molecule has 1 fully saturated rings. The van der Waals surface area contributed by atoms with E-state index in [0.717, 1.165) is 26.2 Å². The molecular formula is C14H26N2O. The van der Waals surface area contributed by atoms with Gasteiger partial charge in [-0.25, -0.2) is 0 Å². The van der Waals surface area contributed by atoms with Crippen LogP contribution in [0.5, 0.6) is 0 Å². The van der Waals surface area contributed by atoms with Gasteiger partial charge in [-0.2, -0.15) is 0 Å². The van der Waals surface area contributed by atoms with Crippen LogP contribution >= 0.6 is 0 Å². The summed E-state index contributed by atoms with van der Waals surface area (Å²) < 4.78 is 5.07. The molecule has 0 aliphatic carbocycles. The molecule has 17 heavy (non-hydrogen) atoms. The number of hydrogen-bond donors (Lipinski definition) is 1. The van der Waals surface area contributed by atoms with Crippen LogP contribution in [0, 0.1) is 0 Å². The first-order valence-corrected chi connectivity index (χ1v) is 6.31. The predicted octanol–water partition coefficient (Wildman–Crippen LogP) is 2.54. The molecule has 0 saturated carbocycles. The van der Waals surface area contributed by atoms with Crippen molar-refractivity contribution in [2.45, 2.75) is 20.8 Å². The normalized spacial score (nSPS) is 16.5. The molecule has 0 aromatic rings. The fraction of sp³-hybridized carbons (Fsp3) is 0.571. The zero-order chi connectivity index (χ0) is 13.1. The van der Waals surface area contributed by atoms with E-state index in [1.54, 1.807) is 7.11 Å². The van der Waals surface area contributed by atoms with Gasteiger partial charge in [-0.05, 0) is 13.0 Å².